The summed E-state index contributed by atoms with van der Waals surface area (Å²) in [6, 6.07) is 20.4. The number of non-ortho nitro benzene ring substituents is 1. The number of nitro benzene ring substituents is 1. The zero-order valence-corrected chi connectivity index (χ0v) is 29.1. The molecule has 3 aromatic carbocycles. The largest absolute Gasteiger partial charge is 0.480 e. The molecule has 1 amide bonds. The molecule has 3 aromatic rings. The Balaban J connectivity index is 1.28. The van der Waals surface area contributed by atoms with E-state index >= 15 is 0 Å². The molecule has 3 aliphatic rings. The highest BCUT2D eigenvalue weighted by Crippen LogP contribution is 2.48. The number of hydrogen-bond donors (Lipinski definition) is 0. The van der Waals surface area contributed by atoms with Crippen molar-refractivity contribution in [2.45, 2.75) is 64.9 Å². The van der Waals surface area contributed by atoms with Gasteiger partial charge in [0.25, 0.3) is 5.69 Å². The average Bonchev–Trinajstić information content (AvgIpc) is 3.54. The van der Waals surface area contributed by atoms with Crippen molar-refractivity contribution in [3.63, 3.8) is 0 Å². The summed E-state index contributed by atoms with van der Waals surface area (Å²) in [7, 11) is -2.02. The second-order valence-corrected chi connectivity index (χ2v) is 17.3. The molecule has 0 aromatic heterocycles. The number of amides is 1. The summed E-state index contributed by atoms with van der Waals surface area (Å²) >= 11 is 0. The first-order valence-electron chi connectivity index (χ1n) is 16.7. The molecular formula is C38H38N2O8Si. The van der Waals surface area contributed by atoms with Crippen molar-refractivity contribution in [2.24, 2.45) is 11.8 Å². The van der Waals surface area contributed by atoms with Crippen molar-refractivity contribution in [3.05, 3.63) is 99.2 Å². The van der Waals surface area contributed by atoms with Crippen LogP contribution < -0.4 is 9.47 Å². The van der Waals surface area contributed by atoms with Crippen molar-refractivity contribution in [3.8, 4) is 34.5 Å². The minimum absolute atomic E-state index is 0.0348. The first-order valence-corrected chi connectivity index (χ1v) is 19.2. The van der Waals surface area contributed by atoms with Crippen LogP contribution in [0.2, 0.25) is 18.1 Å². The van der Waals surface area contributed by atoms with Crippen LogP contribution in [0, 0.1) is 33.8 Å². The number of benzene rings is 3. The summed E-state index contributed by atoms with van der Waals surface area (Å²) in [4.78, 5) is 52.6. The predicted octanol–water partition coefficient (Wildman–Crippen LogP) is 6.94. The molecule has 0 unspecified atom stereocenters. The fourth-order valence-corrected chi connectivity index (χ4v) is 10.3. The number of fused-ring (bicyclic) bond motifs is 4. The molecule has 10 nitrogen and oxygen atoms in total. The molecule has 49 heavy (non-hydrogen) atoms. The Morgan fingerprint density at radius 2 is 1.61 bits per heavy atom. The van der Waals surface area contributed by atoms with Crippen LogP contribution in [0.5, 0.6) is 11.5 Å². The van der Waals surface area contributed by atoms with Crippen molar-refractivity contribution in [1.29, 1.82) is 0 Å². The molecule has 1 aliphatic carbocycles. The van der Waals surface area contributed by atoms with Gasteiger partial charge in [-0.15, -0.1) is 0 Å². The van der Waals surface area contributed by atoms with E-state index < -0.39 is 25.1 Å². The van der Waals surface area contributed by atoms with E-state index in [9.17, 15) is 24.5 Å². The molecule has 0 saturated carbocycles. The Hall–Kier alpha value is -5.05. The zero-order valence-electron chi connectivity index (χ0n) is 28.1. The third kappa shape index (κ3) is 5.85. The lowest BCUT2D eigenvalue weighted by Crippen LogP contribution is -2.65. The van der Waals surface area contributed by atoms with Crippen molar-refractivity contribution >= 4 is 31.7 Å². The summed E-state index contributed by atoms with van der Waals surface area (Å²) in [5, 5.41) is 11.1. The molecule has 2 heterocycles. The molecule has 4 atom stereocenters. The molecule has 0 N–H and O–H groups in total. The molecule has 0 spiro atoms. The lowest BCUT2D eigenvalue weighted by molar-refractivity contribution is -0.384. The number of ether oxygens (including phenoxy) is 2. The lowest BCUT2D eigenvalue weighted by atomic mass is 9.78. The van der Waals surface area contributed by atoms with E-state index in [0.29, 0.717) is 22.4 Å². The van der Waals surface area contributed by atoms with Crippen LogP contribution in [0.3, 0.4) is 0 Å². The van der Waals surface area contributed by atoms with Crippen molar-refractivity contribution in [2.75, 3.05) is 6.61 Å². The molecule has 1 fully saturated rings. The minimum Gasteiger partial charge on any atom is -0.480 e. The number of carbonyl (C=O) groups is 3. The van der Waals surface area contributed by atoms with Gasteiger partial charge in [0, 0.05) is 40.3 Å². The molecule has 0 radical (unpaired) electrons. The van der Waals surface area contributed by atoms with E-state index in [-0.39, 0.29) is 53.5 Å². The molecule has 2 aliphatic heterocycles. The third-order valence-electron chi connectivity index (χ3n) is 10.2. The molecule has 1 saturated heterocycles. The van der Waals surface area contributed by atoms with E-state index in [0.717, 1.165) is 29.3 Å². The summed E-state index contributed by atoms with van der Waals surface area (Å²) in [6.07, 6.45) is -0.337. The highest BCUT2D eigenvalue weighted by atomic mass is 28.4. The summed E-state index contributed by atoms with van der Waals surface area (Å²) in [5.74, 6) is 4.99. The highest BCUT2D eigenvalue weighted by Gasteiger charge is 2.61. The van der Waals surface area contributed by atoms with Gasteiger partial charge in [-0.25, -0.2) is 4.79 Å². The number of carbonyl (C=O) groups excluding carboxylic acids is 3. The Bertz CT molecular complexity index is 1930. The van der Waals surface area contributed by atoms with E-state index in [1.807, 2.05) is 32.0 Å². The van der Waals surface area contributed by atoms with Crippen LogP contribution in [0.15, 0.2) is 78.0 Å². The smallest absolute Gasteiger partial charge is 0.361 e. The van der Waals surface area contributed by atoms with Crippen LogP contribution in [0.25, 0.3) is 11.1 Å². The van der Waals surface area contributed by atoms with E-state index in [1.165, 1.54) is 29.2 Å². The fourth-order valence-electron chi connectivity index (χ4n) is 7.37. The number of rotatable bonds is 11. The molecule has 6 rings (SSSR count). The first kappa shape index (κ1) is 33.8. The van der Waals surface area contributed by atoms with E-state index in [1.54, 1.807) is 24.3 Å². The number of nitrogens with zero attached hydrogens (tertiary/aromatic N) is 2. The number of ketones is 1. The van der Waals surface area contributed by atoms with E-state index in [2.05, 4.69) is 32.6 Å². The number of esters is 1. The van der Waals surface area contributed by atoms with Gasteiger partial charge in [0.2, 0.25) is 5.91 Å². The zero-order chi connectivity index (χ0) is 35.0. The standard InChI is InChI=1S/C38H38N2O8Si/c1-6-49(7-2,8-3)48-24(5)32-34-23(4)27(35(39(34)37(32)42)38(43)47-26-20-18-25(19-21-26)40(44)45)16-12-22-46-31-17-11-15-30-33(31)28-13-9-10-14-29(28)36(30)41/h9-11,13-15,17-21,23-24,32,34H,6-8,22H2,1-5H3/t23-,24+,32+,34+/m0/s1. The van der Waals surface area contributed by atoms with Gasteiger partial charge >= 0.3 is 5.97 Å². The molecule has 0 bridgehead atoms. The van der Waals surface area contributed by atoms with E-state index in [4.69, 9.17) is 13.9 Å². The fraction of sp³-hybridized carbons (Fsp3) is 0.342. The summed E-state index contributed by atoms with van der Waals surface area (Å²) in [6.45, 7) is 10.3. The lowest BCUT2D eigenvalue weighted by Gasteiger charge is -2.49. The highest BCUT2D eigenvalue weighted by molar-refractivity contribution is 6.73. The van der Waals surface area contributed by atoms with Crippen molar-refractivity contribution < 1.29 is 33.2 Å². The van der Waals surface area contributed by atoms with Gasteiger partial charge in [-0.2, -0.15) is 0 Å². The van der Waals surface area contributed by atoms with Gasteiger partial charge in [-0.05, 0) is 48.8 Å². The Kier molecular flexibility index (Phi) is 9.29. The van der Waals surface area contributed by atoms with Gasteiger partial charge in [-0.3, -0.25) is 19.7 Å². The van der Waals surface area contributed by atoms with Gasteiger partial charge < -0.3 is 18.8 Å². The molecule has 252 valence electrons. The van der Waals surface area contributed by atoms with Crippen molar-refractivity contribution in [1.82, 2.24) is 4.90 Å². The Morgan fingerprint density at radius 1 is 0.959 bits per heavy atom. The second-order valence-electron chi connectivity index (χ2n) is 12.6. The topological polar surface area (TPSA) is 125 Å². The molecular weight excluding hydrogens is 641 g/mol. The van der Waals surface area contributed by atoms with Crippen LogP contribution in [-0.2, 0) is 14.0 Å². The Morgan fingerprint density at radius 3 is 2.27 bits per heavy atom. The number of β-lactam (4-membered cyclic amide) rings is 1. The van der Waals surface area contributed by atoms with Crippen LogP contribution in [-0.4, -0.2) is 54.6 Å². The maximum absolute atomic E-state index is 13.8. The first-order chi connectivity index (χ1) is 23.6. The number of hydrogen-bond acceptors (Lipinski definition) is 8. The minimum atomic E-state index is -2.02. The summed E-state index contributed by atoms with van der Waals surface area (Å²) in [5.41, 5.74) is 3.09. The second kappa shape index (κ2) is 13.5. The predicted molar refractivity (Wildman–Crippen MR) is 185 cm³/mol. The van der Waals surface area contributed by atoms with Gasteiger partial charge in [0.1, 0.15) is 23.8 Å². The normalized spacial score (nSPS) is 19.7. The van der Waals surface area contributed by atoms with Crippen LogP contribution in [0.4, 0.5) is 5.69 Å². The maximum Gasteiger partial charge on any atom is 0.361 e. The van der Waals surface area contributed by atoms with Crippen LogP contribution >= 0.6 is 0 Å². The van der Waals surface area contributed by atoms with Gasteiger partial charge in [0.15, 0.2) is 14.1 Å². The average molecular weight is 679 g/mol. The summed E-state index contributed by atoms with van der Waals surface area (Å²) < 4.78 is 18.5. The number of nitro groups is 1. The molecule has 11 heteroatoms. The monoisotopic (exact) mass is 678 g/mol. The van der Waals surface area contributed by atoms with Gasteiger partial charge in [0.05, 0.1) is 23.0 Å². The quantitative estimate of drug-likeness (QED) is 0.0318. The Labute approximate surface area is 286 Å². The third-order valence-corrected chi connectivity index (χ3v) is 15.0. The van der Waals surface area contributed by atoms with Crippen LogP contribution in [0.1, 0.15) is 50.5 Å². The SMILES string of the molecule is CC[Si](CC)(CC)O[C@H](C)[C@H]1C(=O)N2C(C(=O)Oc3ccc([N+](=O)[O-])cc3)=C(C#CCOc3cccc4c3-c3ccccc3C4=O)[C@H](C)[C@H]12. The van der Waals surface area contributed by atoms with Gasteiger partial charge in [-0.1, -0.05) is 75.9 Å². The maximum atomic E-state index is 13.8.